The molecule has 0 N–H and O–H groups in total. The SMILES string of the molecule is Cc1ccc(N2C(=O)c3ccccc3N(C)C2/C=C/c2cccs2)cc1. The van der Waals surface area contributed by atoms with Crippen LogP contribution < -0.4 is 9.80 Å². The van der Waals surface area contributed by atoms with Crippen LogP contribution in [0.1, 0.15) is 20.8 Å². The van der Waals surface area contributed by atoms with E-state index in [0.29, 0.717) is 0 Å². The van der Waals surface area contributed by atoms with Gasteiger partial charge in [-0.25, -0.2) is 0 Å². The third kappa shape index (κ3) is 2.93. The number of likely N-dealkylation sites (N-methyl/N-ethyl adjacent to an activating group) is 1. The van der Waals surface area contributed by atoms with E-state index in [0.717, 1.165) is 16.9 Å². The average Bonchev–Trinajstić information content (AvgIpc) is 3.18. The summed E-state index contributed by atoms with van der Waals surface area (Å²) >= 11 is 1.69. The fourth-order valence-electron chi connectivity index (χ4n) is 3.29. The molecule has 0 radical (unpaired) electrons. The molecule has 130 valence electrons. The highest BCUT2D eigenvalue weighted by Crippen LogP contribution is 2.34. The maximum Gasteiger partial charge on any atom is 0.262 e. The molecule has 0 fully saturated rings. The first-order valence-electron chi connectivity index (χ1n) is 8.59. The molecule has 0 aliphatic carbocycles. The zero-order chi connectivity index (χ0) is 18.1. The van der Waals surface area contributed by atoms with Crippen LogP contribution in [-0.4, -0.2) is 19.1 Å². The Morgan fingerprint density at radius 1 is 1.00 bits per heavy atom. The van der Waals surface area contributed by atoms with Crippen molar-refractivity contribution in [2.75, 3.05) is 16.8 Å². The Morgan fingerprint density at radius 3 is 2.50 bits per heavy atom. The third-order valence-corrected chi connectivity index (χ3v) is 5.52. The number of benzene rings is 2. The van der Waals surface area contributed by atoms with E-state index in [1.54, 1.807) is 11.3 Å². The molecule has 4 rings (SSSR count). The summed E-state index contributed by atoms with van der Waals surface area (Å²) in [6, 6.07) is 20.0. The molecule has 0 spiro atoms. The van der Waals surface area contributed by atoms with Gasteiger partial charge in [0.25, 0.3) is 5.91 Å². The molecule has 1 unspecified atom stereocenters. The summed E-state index contributed by atoms with van der Waals surface area (Å²) in [4.78, 5) is 18.5. The van der Waals surface area contributed by atoms with Gasteiger partial charge in [-0.1, -0.05) is 35.9 Å². The number of rotatable bonds is 3. The fraction of sp³-hybridized carbons (Fsp3) is 0.136. The first kappa shape index (κ1) is 16.6. The standard InChI is InChI=1S/C22H20N2OS/c1-16-9-11-17(12-10-16)24-21(14-13-18-6-5-15-26-18)23(2)20-8-4-3-7-19(20)22(24)25/h3-15,21H,1-2H3/b14-13+. The number of carbonyl (C=O) groups is 1. The number of nitrogens with zero attached hydrogens (tertiary/aromatic N) is 2. The normalized spacial score (nSPS) is 17.0. The van der Waals surface area contributed by atoms with Crippen LogP contribution in [0.5, 0.6) is 0 Å². The van der Waals surface area contributed by atoms with Gasteiger partial charge in [0.05, 0.1) is 11.3 Å². The lowest BCUT2D eigenvalue weighted by molar-refractivity contribution is 0.0975. The number of amides is 1. The van der Waals surface area contributed by atoms with E-state index >= 15 is 0 Å². The molecular weight excluding hydrogens is 340 g/mol. The summed E-state index contributed by atoms with van der Waals surface area (Å²) in [7, 11) is 2.04. The molecule has 0 bridgehead atoms. The smallest absolute Gasteiger partial charge is 0.262 e. The van der Waals surface area contributed by atoms with E-state index in [9.17, 15) is 4.79 Å². The highest BCUT2D eigenvalue weighted by Gasteiger charge is 2.35. The third-order valence-electron chi connectivity index (χ3n) is 4.68. The number of hydrogen-bond acceptors (Lipinski definition) is 3. The molecular formula is C22H20N2OS. The Hall–Kier alpha value is -2.85. The molecule has 4 heteroatoms. The van der Waals surface area contributed by atoms with E-state index in [-0.39, 0.29) is 12.1 Å². The predicted molar refractivity (Wildman–Crippen MR) is 110 cm³/mol. The van der Waals surface area contributed by atoms with Gasteiger partial charge in [0, 0.05) is 17.6 Å². The minimum Gasteiger partial charge on any atom is -0.350 e. The monoisotopic (exact) mass is 360 g/mol. The Labute approximate surface area is 157 Å². The molecule has 2 aromatic carbocycles. The van der Waals surface area contributed by atoms with Crippen molar-refractivity contribution >= 4 is 34.7 Å². The van der Waals surface area contributed by atoms with Crippen molar-refractivity contribution in [2.24, 2.45) is 0 Å². The van der Waals surface area contributed by atoms with Crippen LogP contribution in [0.3, 0.4) is 0 Å². The van der Waals surface area contributed by atoms with E-state index in [2.05, 4.69) is 35.4 Å². The van der Waals surface area contributed by atoms with Gasteiger partial charge in [-0.3, -0.25) is 9.69 Å². The van der Waals surface area contributed by atoms with Crippen LogP contribution in [0.4, 0.5) is 11.4 Å². The topological polar surface area (TPSA) is 23.6 Å². The lowest BCUT2D eigenvalue weighted by Crippen LogP contribution is -2.53. The van der Waals surface area contributed by atoms with Gasteiger partial charge in [0.1, 0.15) is 6.17 Å². The summed E-state index contributed by atoms with van der Waals surface area (Å²) in [5, 5.41) is 2.06. The lowest BCUT2D eigenvalue weighted by atomic mass is 10.0. The molecule has 0 saturated heterocycles. The van der Waals surface area contributed by atoms with Crippen molar-refractivity contribution < 1.29 is 4.79 Å². The van der Waals surface area contributed by atoms with Crippen molar-refractivity contribution in [1.29, 1.82) is 0 Å². The van der Waals surface area contributed by atoms with Crippen molar-refractivity contribution in [3.63, 3.8) is 0 Å². The maximum atomic E-state index is 13.3. The molecule has 3 nitrogen and oxygen atoms in total. The van der Waals surface area contributed by atoms with Gasteiger partial charge in [-0.2, -0.15) is 0 Å². The van der Waals surface area contributed by atoms with E-state index in [1.807, 2.05) is 66.5 Å². The van der Waals surface area contributed by atoms with Crippen molar-refractivity contribution in [2.45, 2.75) is 13.1 Å². The summed E-state index contributed by atoms with van der Waals surface area (Å²) in [6.07, 6.45) is 4.01. The Balaban J connectivity index is 1.81. The van der Waals surface area contributed by atoms with Crippen LogP contribution in [-0.2, 0) is 0 Å². The highest BCUT2D eigenvalue weighted by atomic mass is 32.1. The van der Waals surface area contributed by atoms with Gasteiger partial charge in [-0.05, 0) is 54.8 Å². The van der Waals surface area contributed by atoms with Crippen LogP contribution >= 0.6 is 11.3 Å². The summed E-state index contributed by atoms with van der Waals surface area (Å²) in [5.74, 6) is 0.0309. The number of anilines is 2. The van der Waals surface area contributed by atoms with E-state index in [4.69, 9.17) is 0 Å². The largest absolute Gasteiger partial charge is 0.350 e. The summed E-state index contributed by atoms with van der Waals surface area (Å²) in [6.45, 7) is 2.05. The Bertz CT molecular complexity index is 945. The quantitative estimate of drug-likeness (QED) is 0.641. The second kappa shape index (κ2) is 6.81. The summed E-state index contributed by atoms with van der Waals surface area (Å²) in [5.41, 5.74) is 3.78. The predicted octanol–water partition coefficient (Wildman–Crippen LogP) is 5.19. The van der Waals surface area contributed by atoms with Crippen LogP contribution in [0, 0.1) is 6.92 Å². The summed E-state index contributed by atoms with van der Waals surface area (Å²) < 4.78 is 0. The van der Waals surface area contributed by atoms with Gasteiger partial charge in [0.15, 0.2) is 0 Å². The second-order valence-corrected chi connectivity index (χ2v) is 7.41. The van der Waals surface area contributed by atoms with Crippen molar-refractivity contribution in [3.05, 3.63) is 88.1 Å². The number of carbonyl (C=O) groups excluding carboxylic acids is 1. The molecule has 26 heavy (non-hydrogen) atoms. The maximum absolute atomic E-state index is 13.3. The minimum atomic E-state index is -0.179. The molecule has 2 heterocycles. The Morgan fingerprint density at radius 2 is 1.77 bits per heavy atom. The second-order valence-electron chi connectivity index (χ2n) is 6.43. The van der Waals surface area contributed by atoms with Crippen molar-refractivity contribution in [3.8, 4) is 0 Å². The van der Waals surface area contributed by atoms with Gasteiger partial charge >= 0.3 is 0 Å². The first-order valence-corrected chi connectivity index (χ1v) is 9.47. The zero-order valence-electron chi connectivity index (χ0n) is 14.8. The number of thiophene rings is 1. The van der Waals surface area contributed by atoms with Gasteiger partial charge in [-0.15, -0.1) is 11.3 Å². The number of fused-ring (bicyclic) bond motifs is 1. The van der Waals surface area contributed by atoms with E-state index in [1.165, 1.54) is 10.4 Å². The molecule has 1 aliphatic heterocycles. The molecule has 1 atom stereocenters. The average molecular weight is 360 g/mol. The van der Waals surface area contributed by atoms with Crippen LogP contribution in [0.2, 0.25) is 0 Å². The van der Waals surface area contributed by atoms with Gasteiger partial charge in [0.2, 0.25) is 0 Å². The molecule has 0 saturated carbocycles. The minimum absolute atomic E-state index is 0.0309. The first-order chi connectivity index (χ1) is 12.6. The number of aryl methyl sites for hydroxylation is 1. The fourth-order valence-corrected chi connectivity index (χ4v) is 3.91. The van der Waals surface area contributed by atoms with Crippen LogP contribution in [0.25, 0.3) is 6.08 Å². The number of para-hydroxylation sites is 1. The van der Waals surface area contributed by atoms with Crippen LogP contribution in [0.15, 0.2) is 72.1 Å². The molecule has 1 aliphatic rings. The number of hydrogen-bond donors (Lipinski definition) is 0. The van der Waals surface area contributed by atoms with Gasteiger partial charge < -0.3 is 4.90 Å². The molecule has 3 aromatic rings. The lowest BCUT2D eigenvalue weighted by Gasteiger charge is -2.42. The molecule has 1 aromatic heterocycles. The Kier molecular flexibility index (Phi) is 4.35. The van der Waals surface area contributed by atoms with E-state index < -0.39 is 0 Å². The molecule has 1 amide bonds. The highest BCUT2D eigenvalue weighted by molar-refractivity contribution is 7.10. The van der Waals surface area contributed by atoms with Crippen molar-refractivity contribution in [1.82, 2.24) is 0 Å². The zero-order valence-corrected chi connectivity index (χ0v) is 15.6.